The molecule has 0 amide bonds. The lowest BCUT2D eigenvalue weighted by atomic mass is 10.1. The van der Waals surface area contributed by atoms with Gasteiger partial charge in [0.1, 0.15) is 11.1 Å². The zero-order chi connectivity index (χ0) is 17.1. The third-order valence-electron chi connectivity index (χ3n) is 3.60. The lowest BCUT2D eigenvalue weighted by Gasteiger charge is -2.10. The third kappa shape index (κ3) is 3.46. The molecule has 2 heterocycles. The molecule has 0 radical (unpaired) electrons. The average molecular weight is 349 g/mol. The first kappa shape index (κ1) is 15.6. The summed E-state index contributed by atoms with van der Waals surface area (Å²) < 4.78 is 5.57. The van der Waals surface area contributed by atoms with Crippen LogP contribution in [-0.2, 0) is 0 Å². The van der Waals surface area contributed by atoms with Crippen molar-refractivity contribution >= 4 is 11.8 Å². The molecule has 124 valence electrons. The highest BCUT2D eigenvalue weighted by molar-refractivity contribution is 7.99. The molecule has 0 saturated heterocycles. The summed E-state index contributed by atoms with van der Waals surface area (Å²) >= 11 is 1.47. The van der Waals surface area contributed by atoms with Gasteiger partial charge in [-0.1, -0.05) is 77.6 Å². The van der Waals surface area contributed by atoms with Crippen LogP contribution in [0, 0.1) is 6.92 Å². The molecule has 7 heteroatoms. The molecule has 1 N–H and O–H groups in total. The molecule has 1 atom stereocenters. The van der Waals surface area contributed by atoms with Crippen molar-refractivity contribution in [3.05, 3.63) is 77.9 Å². The van der Waals surface area contributed by atoms with Gasteiger partial charge in [-0.3, -0.25) is 5.10 Å². The smallest absolute Gasteiger partial charge is 0.245 e. The van der Waals surface area contributed by atoms with E-state index in [-0.39, 0.29) is 5.25 Å². The van der Waals surface area contributed by atoms with Crippen LogP contribution in [0.4, 0.5) is 0 Å². The molecule has 0 bridgehead atoms. The number of aromatic nitrogens is 5. The number of benzene rings is 2. The summed E-state index contributed by atoms with van der Waals surface area (Å²) in [6.07, 6.45) is 0. The Kier molecular flexibility index (Phi) is 4.30. The van der Waals surface area contributed by atoms with E-state index in [9.17, 15) is 0 Å². The minimum atomic E-state index is -0.179. The first-order valence-electron chi connectivity index (χ1n) is 7.79. The van der Waals surface area contributed by atoms with Crippen LogP contribution in [0.1, 0.15) is 22.5 Å². The van der Waals surface area contributed by atoms with Crippen molar-refractivity contribution in [1.82, 2.24) is 25.3 Å². The molecule has 0 fully saturated rings. The molecule has 0 aliphatic carbocycles. The van der Waals surface area contributed by atoms with Gasteiger partial charge in [-0.15, -0.1) is 5.10 Å². The summed E-state index contributed by atoms with van der Waals surface area (Å²) in [5.41, 5.74) is 1.97. The highest BCUT2D eigenvalue weighted by Crippen LogP contribution is 2.38. The van der Waals surface area contributed by atoms with E-state index in [1.165, 1.54) is 11.8 Å². The van der Waals surface area contributed by atoms with Crippen molar-refractivity contribution < 1.29 is 4.52 Å². The van der Waals surface area contributed by atoms with Crippen LogP contribution in [0.3, 0.4) is 0 Å². The summed E-state index contributed by atoms with van der Waals surface area (Å²) in [6.45, 7) is 1.87. The predicted octanol–water partition coefficient (Wildman–Crippen LogP) is 4.04. The monoisotopic (exact) mass is 349 g/mol. The minimum Gasteiger partial charge on any atom is -0.337 e. The van der Waals surface area contributed by atoms with Gasteiger partial charge >= 0.3 is 0 Å². The van der Waals surface area contributed by atoms with E-state index in [2.05, 4.69) is 25.3 Å². The Morgan fingerprint density at radius 1 is 0.960 bits per heavy atom. The number of thioether (sulfide) groups is 1. The van der Waals surface area contributed by atoms with Gasteiger partial charge < -0.3 is 4.52 Å². The number of aromatic amines is 1. The van der Waals surface area contributed by atoms with Crippen molar-refractivity contribution in [1.29, 1.82) is 0 Å². The van der Waals surface area contributed by atoms with E-state index in [0.717, 1.165) is 17.0 Å². The number of nitrogens with zero attached hydrogens (tertiary/aromatic N) is 4. The van der Waals surface area contributed by atoms with Gasteiger partial charge in [0.2, 0.25) is 16.9 Å². The highest BCUT2D eigenvalue weighted by Gasteiger charge is 2.24. The normalized spacial score (nSPS) is 12.2. The number of nitrogens with one attached hydrogen (secondary N) is 1. The number of hydrogen-bond acceptors (Lipinski definition) is 6. The van der Waals surface area contributed by atoms with Gasteiger partial charge in [0, 0.05) is 5.56 Å². The fourth-order valence-corrected chi connectivity index (χ4v) is 3.40. The van der Waals surface area contributed by atoms with Crippen LogP contribution in [0.25, 0.3) is 11.4 Å². The van der Waals surface area contributed by atoms with Crippen molar-refractivity contribution in [3.8, 4) is 11.4 Å². The SMILES string of the molecule is Cc1nc(S[C@@H](c2ccccc2)c2nc(-c3ccccc3)no2)n[nH]1. The summed E-state index contributed by atoms with van der Waals surface area (Å²) in [6, 6.07) is 19.8. The first-order valence-corrected chi connectivity index (χ1v) is 8.67. The average Bonchev–Trinajstić information content (AvgIpc) is 3.30. The van der Waals surface area contributed by atoms with Gasteiger partial charge in [-0.05, 0) is 12.5 Å². The van der Waals surface area contributed by atoms with E-state index in [4.69, 9.17) is 4.52 Å². The van der Waals surface area contributed by atoms with E-state index in [1.54, 1.807) is 0 Å². The second-order valence-corrected chi connectivity index (χ2v) is 6.51. The van der Waals surface area contributed by atoms with Crippen LogP contribution in [0.2, 0.25) is 0 Å². The fourth-order valence-electron chi connectivity index (χ4n) is 2.42. The summed E-state index contributed by atoms with van der Waals surface area (Å²) in [4.78, 5) is 8.97. The summed E-state index contributed by atoms with van der Waals surface area (Å²) in [5.74, 6) is 1.87. The third-order valence-corrected chi connectivity index (χ3v) is 4.70. The molecular weight excluding hydrogens is 334 g/mol. The van der Waals surface area contributed by atoms with Crippen LogP contribution in [0.5, 0.6) is 0 Å². The first-order chi connectivity index (χ1) is 12.3. The zero-order valence-corrected chi connectivity index (χ0v) is 14.3. The van der Waals surface area contributed by atoms with E-state index in [1.807, 2.05) is 67.6 Å². The van der Waals surface area contributed by atoms with Crippen molar-refractivity contribution in [3.63, 3.8) is 0 Å². The topological polar surface area (TPSA) is 80.5 Å². The lowest BCUT2D eigenvalue weighted by molar-refractivity contribution is 0.384. The van der Waals surface area contributed by atoms with Crippen molar-refractivity contribution in [2.24, 2.45) is 0 Å². The van der Waals surface area contributed by atoms with Gasteiger partial charge in [-0.25, -0.2) is 4.98 Å². The Bertz CT molecular complexity index is 952. The Morgan fingerprint density at radius 2 is 1.68 bits per heavy atom. The van der Waals surface area contributed by atoms with Gasteiger partial charge in [-0.2, -0.15) is 4.98 Å². The second kappa shape index (κ2) is 6.90. The molecule has 0 saturated carbocycles. The van der Waals surface area contributed by atoms with E-state index < -0.39 is 0 Å². The molecule has 2 aromatic heterocycles. The standard InChI is InChI=1S/C18H15N5OS/c1-12-19-18(22-21-12)25-15(13-8-4-2-5-9-13)17-20-16(23-24-17)14-10-6-3-7-11-14/h2-11,15H,1H3,(H,19,21,22)/t15-/m0/s1. The summed E-state index contributed by atoms with van der Waals surface area (Å²) in [7, 11) is 0. The molecule has 4 aromatic rings. The molecular formula is C18H15N5OS. The number of aryl methyl sites for hydroxylation is 1. The largest absolute Gasteiger partial charge is 0.337 e. The van der Waals surface area contributed by atoms with Crippen LogP contribution < -0.4 is 0 Å². The molecule has 2 aromatic carbocycles. The fraction of sp³-hybridized carbons (Fsp3) is 0.111. The molecule has 4 rings (SSSR count). The number of H-pyrrole nitrogens is 1. The van der Waals surface area contributed by atoms with Gasteiger partial charge in [0.05, 0.1) is 0 Å². The minimum absolute atomic E-state index is 0.179. The maximum Gasteiger partial charge on any atom is 0.245 e. The predicted molar refractivity (Wildman–Crippen MR) is 95.0 cm³/mol. The van der Waals surface area contributed by atoms with Crippen LogP contribution >= 0.6 is 11.8 Å². The highest BCUT2D eigenvalue weighted by atomic mass is 32.2. The maximum atomic E-state index is 5.57. The lowest BCUT2D eigenvalue weighted by Crippen LogP contribution is -1.98. The van der Waals surface area contributed by atoms with Crippen molar-refractivity contribution in [2.75, 3.05) is 0 Å². The Balaban J connectivity index is 1.70. The zero-order valence-electron chi connectivity index (χ0n) is 13.5. The molecule has 0 unspecified atom stereocenters. The quantitative estimate of drug-likeness (QED) is 0.548. The molecule has 0 aliphatic rings. The Morgan fingerprint density at radius 3 is 2.36 bits per heavy atom. The Labute approximate surface area is 148 Å². The molecule has 0 aliphatic heterocycles. The Hall–Kier alpha value is -2.93. The second-order valence-electron chi connectivity index (χ2n) is 5.43. The molecule has 25 heavy (non-hydrogen) atoms. The van der Waals surface area contributed by atoms with Crippen LogP contribution in [0.15, 0.2) is 70.3 Å². The van der Waals surface area contributed by atoms with E-state index in [0.29, 0.717) is 16.9 Å². The summed E-state index contributed by atoms with van der Waals surface area (Å²) in [5, 5.41) is 11.7. The van der Waals surface area contributed by atoms with E-state index >= 15 is 0 Å². The molecule has 0 spiro atoms. The van der Waals surface area contributed by atoms with Gasteiger partial charge in [0.25, 0.3) is 0 Å². The van der Waals surface area contributed by atoms with Gasteiger partial charge in [0.15, 0.2) is 0 Å². The van der Waals surface area contributed by atoms with Crippen LogP contribution in [-0.4, -0.2) is 25.3 Å². The number of rotatable bonds is 5. The molecule has 6 nitrogen and oxygen atoms in total. The maximum absolute atomic E-state index is 5.57. The van der Waals surface area contributed by atoms with Crippen molar-refractivity contribution in [2.45, 2.75) is 17.3 Å². The number of hydrogen-bond donors (Lipinski definition) is 1.